The number of aromatic nitrogens is 2. The fraction of sp³-hybridized carbons (Fsp3) is 0.385. The first-order chi connectivity index (χ1) is 9.12. The van der Waals surface area contributed by atoms with Gasteiger partial charge in [0.05, 0.1) is 26.3 Å². The lowest BCUT2D eigenvalue weighted by molar-refractivity contribution is 0.379. The van der Waals surface area contributed by atoms with E-state index in [0.717, 1.165) is 22.4 Å². The van der Waals surface area contributed by atoms with Crippen LogP contribution in [0.3, 0.4) is 0 Å². The van der Waals surface area contributed by atoms with Crippen molar-refractivity contribution in [2.24, 2.45) is 5.73 Å². The van der Waals surface area contributed by atoms with Crippen LogP contribution in [0.15, 0.2) is 10.6 Å². The van der Waals surface area contributed by atoms with Gasteiger partial charge >= 0.3 is 0 Å². The van der Waals surface area contributed by atoms with Crippen LogP contribution in [0, 0.1) is 13.8 Å². The SMILES string of the molecule is COc1cc(-c2noc(CN)n2)c(OC)c(C)c1C. The van der Waals surface area contributed by atoms with Crippen molar-refractivity contribution in [2.75, 3.05) is 14.2 Å². The average Bonchev–Trinajstić information content (AvgIpc) is 2.90. The Hall–Kier alpha value is -2.08. The first-order valence-corrected chi connectivity index (χ1v) is 5.87. The molecule has 19 heavy (non-hydrogen) atoms. The molecular formula is C13H17N3O3. The van der Waals surface area contributed by atoms with Gasteiger partial charge in [-0.3, -0.25) is 0 Å². The summed E-state index contributed by atoms with van der Waals surface area (Å²) >= 11 is 0. The van der Waals surface area contributed by atoms with Gasteiger partial charge in [-0.25, -0.2) is 0 Å². The molecule has 0 spiro atoms. The van der Waals surface area contributed by atoms with Crippen LogP contribution < -0.4 is 15.2 Å². The minimum atomic E-state index is 0.206. The lowest BCUT2D eigenvalue weighted by Gasteiger charge is -2.14. The molecule has 0 atom stereocenters. The highest BCUT2D eigenvalue weighted by Crippen LogP contribution is 2.38. The van der Waals surface area contributed by atoms with Crippen LogP contribution in [0.2, 0.25) is 0 Å². The van der Waals surface area contributed by atoms with Gasteiger partial charge in [0.15, 0.2) is 0 Å². The number of ether oxygens (including phenoxy) is 2. The fourth-order valence-electron chi connectivity index (χ4n) is 1.95. The molecule has 0 radical (unpaired) electrons. The number of methoxy groups -OCH3 is 2. The molecular weight excluding hydrogens is 246 g/mol. The standard InChI is InChI=1S/C13H17N3O3/c1-7-8(2)12(18-4)9(5-10(7)17-3)13-15-11(6-14)19-16-13/h5H,6,14H2,1-4H3. The van der Waals surface area contributed by atoms with Crippen molar-refractivity contribution < 1.29 is 14.0 Å². The number of benzene rings is 1. The van der Waals surface area contributed by atoms with E-state index in [2.05, 4.69) is 10.1 Å². The Morgan fingerprint density at radius 3 is 2.47 bits per heavy atom. The third kappa shape index (κ3) is 2.26. The van der Waals surface area contributed by atoms with E-state index in [9.17, 15) is 0 Å². The topological polar surface area (TPSA) is 83.4 Å². The van der Waals surface area contributed by atoms with Crippen molar-refractivity contribution in [3.8, 4) is 22.9 Å². The molecule has 0 aliphatic rings. The van der Waals surface area contributed by atoms with Gasteiger partial charge < -0.3 is 19.7 Å². The Balaban J connectivity index is 2.64. The van der Waals surface area contributed by atoms with E-state index in [-0.39, 0.29) is 6.54 Å². The molecule has 0 unspecified atom stereocenters. The van der Waals surface area contributed by atoms with E-state index in [1.807, 2.05) is 19.9 Å². The van der Waals surface area contributed by atoms with Crippen LogP contribution in [0.25, 0.3) is 11.4 Å². The molecule has 0 saturated heterocycles. The maximum absolute atomic E-state index is 5.47. The maximum Gasteiger partial charge on any atom is 0.240 e. The second-order valence-electron chi connectivity index (χ2n) is 4.13. The van der Waals surface area contributed by atoms with E-state index in [1.165, 1.54) is 0 Å². The van der Waals surface area contributed by atoms with Crippen molar-refractivity contribution in [2.45, 2.75) is 20.4 Å². The van der Waals surface area contributed by atoms with Gasteiger partial charge in [0, 0.05) is 0 Å². The largest absolute Gasteiger partial charge is 0.496 e. The summed E-state index contributed by atoms with van der Waals surface area (Å²) in [4.78, 5) is 4.22. The van der Waals surface area contributed by atoms with Crippen LogP contribution in [0.1, 0.15) is 17.0 Å². The van der Waals surface area contributed by atoms with Gasteiger partial charge in [0.25, 0.3) is 0 Å². The highest BCUT2D eigenvalue weighted by atomic mass is 16.5. The number of hydrogen-bond donors (Lipinski definition) is 1. The predicted molar refractivity (Wildman–Crippen MR) is 70.2 cm³/mol. The molecule has 6 heteroatoms. The Labute approximate surface area is 111 Å². The van der Waals surface area contributed by atoms with Crippen LogP contribution in [-0.2, 0) is 6.54 Å². The molecule has 2 rings (SSSR count). The predicted octanol–water partition coefficient (Wildman–Crippen LogP) is 1.83. The molecule has 0 fully saturated rings. The lowest BCUT2D eigenvalue weighted by atomic mass is 10.0. The van der Waals surface area contributed by atoms with E-state index >= 15 is 0 Å². The molecule has 6 nitrogen and oxygen atoms in total. The Bertz CT molecular complexity index is 593. The Morgan fingerprint density at radius 2 is 1.95 bits per heavy atom. The molecule has 0 aliphatic carbocycles. The molecule has 1 aromatic heterocycles. The van der Waals surface area contributed by atoms with E-state index in [0.29, 0.717) is 17.5 Å². The van der Waals surface area contributed by atoms with Crippen molar-refractivity contribution in [3.63, 3.8) is 0 Å². The van der Waals surface area contributed by atoms with Crippen LogP contribution in [0.4, 0.5) is 0 Å². The van der Waals surface area contributed by atoms with Crippen molar-refractivity contribution in [1.82, 2.24) is 10.1 Å². The van der Waals surface area contributed by atoms with E-state index in [1.54, 1.807) is 14.2 Å². The van der Waals surface area contributed by atoms with Gasteiger partial charge in [-0.05, 0) is 31.0 Å². The minimum absolute atomic E-state index is 0.206. The summed E-state index contributed by atoms with van der Waals surface area (Å²) in [6, 6.07) is 1.84. The number of hydrogen-bond acceptors (Lipinski definition) is 6. The highest BCUT2D eigenvalue weighted by Gasteiger charge is 2.19. The first kappa shape index (κ1) is 13.4. The molecule has 1 heterocycles. The van der Waals surface area contributed by atoms with Gasteiger partial charge in [-0.15, -0.1) is 0 Å². The van der Waals surface area contributed by atoms with E-state index in [4.69, 9.17) is 19.7 Å². The molecule has 0 aliphatic heterocycles. The minimum Gasteiger partial charge on any atom is -0.496 e. The summed E-state index contributed by atoms with van der Waals surface area (Å²) in [7, 11) is 3.24. The van der Waals surface area contributed by atoms with Crippen LogP contribution in [-0.4, -0.2) is 24.4 Å². The first-order valence-electron chi connectivity index (χ1n) is 5.87. The van der Waals surface area contributed by atoms with Crippen LogP contribution in [0.5, 0.6) is 11.5 Å². The summed E-state index contributed by atoms with van der Waals surface area (Å²) in [5.41, 5.74) is 8.20. The molecule has 0 saturated carbocycles. The third-order valence-electron chi connectivity index (χ3n) is 3.10. The average molecular weight is 263 g/mol. The zero-order valence-corrected chi connectivity index (χ0v) is 11.5. The second-order valence-corrected chi connectivity index (χ2v) is 4.13. The monoisotopic (exact) mass is 263 g/mol. The number of nitrogens with two attached hydrogens (primary N) is 1. The summed E-state index contributed by atoms with van der Waals surface area (Å²) in [6.45, 7) is 4.14. The van der Waals surface area contributed by atoms with Crippen LogP contribution >= 0.6 is 0 Å². The second kappa shape index (κ2) is 5.27. The van der Waals surface area contributed by atoms with Crippen molar-refractivity contribution in [3.05, 3.63) is 23.1 Å². The molecule has 102 valence electrons. The fourth-order valence-corrected chi connectivity index (χ4v) is 1.95. The summed E-state index contributed by atoms with van der Waals surface area (Å²) in [6.07, 6.45) is 0. The summed E-state index contributed by atoms with van der Waals surface area (Å²) in [5.74, 6) is 2.29. The molecule has 2 N–H and O–H groups in total. The smallest absolute Gasteiger partial charge is 0.240 e. The summed E-state index contributed by atoms with van der Waals surface area (Å²) < 4.78 is 15.8. The van der Waals surface area contributed by atoms with Crippen molar-refractivity contribution in [1.29, 1.82) is 0 Å². The highest BCUT2D eigenvalue weighted by molar-refractivity contribution is 5.70. The maximum atomic E-state index is 5.47. The number of rotatable bonds is 4. The summed E-state index contributed by atoms with van der Waals surface area (Å²) in [5, 5.41) is 3.91. The number of nitrogens with zero attached hydrogens (tertiary/aromatic N) is 2. The molecule has 1 aromatic carbocycles. The van der Waals surface area contributed by atoms with Gasteiger partial charge in [0.2, 0.25) is 11.7 Å². The van der Waals surface area contributed by atoms with Gasteiger partial charge in [0.1, 0.15) is 11.5 Å². The van der Waals surface area contributed by atoms with Gasteiger partial charge in [-0.2, -0.15) is 4.98 Å². The van der Waals surface area contributed by atoms with Gasteiger partial charge in [-0.1, -0.05) is 5.16 Å². The zero-order chi connectivity index (χ0) is 14.0. The molecule has 0 bridgehead atoms. The van der Waals surface area contributed by atoms with Crippen molar-refractivity contribution >= 4 is 0 Å². The molecule has 2 aromatic rings. The Morgan fingerprint density at radius 1 is 1.21 bits per heavy atom. The quantitative estimate of drug-likeness (QED) is 0.906. The molecule has 0 amide bonds. The Kier molecular flexibility index (Phi) is 3.71. The lowest BCUT2D eigenvalue weighted by Crippen LogP contribution is -1.99. The zero-order valence-electron chi connectivity index (χ0n) is 11.5. The third-order valence-corrected chi connectivity index (χ3v) is 3.10. The van der Waals surface area contributed by atoms with E-state index < -0.39 is 0 Å². The normalized spacial score (nSPS) is 10.6.